The standard InChI is InChI=1S/C17H19NS2/c1-18-11-13-5-4-7-15(9-13)19-12-16-10-14-6-2-3-8-17(14)20-16/h2-9,16,18H,10-12H2,1H3. The predicted octanol–water partition coefficient (Wildman–Crippen LogP) is 4.22. The van der Waals surface area contributed by atoms with Gasteiger partial charge in [-0.05, 0) is 42.8 Å². The lowest BCUT2D eigenvalue weighted by molar-refractivity contribution is 0.815. The second-order valence-electron chi connectivity index (χ2n) is 5.04. The highest BCUT2D eigenvalue weighted by molar-refractivity contribution is 8.03. The minimum atomic E-state index is 0.713. The van der Waals surface area contributed by atoms with Crippen LogP contribution in [0.15, 0.2) is 58.3 Å². The Hall–Kier alpha value is -0.900. The first-order valence-corrected chi connectivity index (χ1v) is 8.82. The molecule has 1 nitrogen and oxygen atoms in total. The lowest BCUT2D eigenvalue weighted by Gasteiger charge is -2.09. The maximum Gasteiger partial charge on any atom is 0.0229 e. The second kappa shape index (κ2) is 6.70. The third-order valence-electron chi connectivity index (χ3n) is 3.43. The molecule has 104 valence electrons. The van der Waals surface area contributed by atoms with Gasteiger partial charge in [-0.3, -0.25) is 0 Å². The number of thioether (sulfide) groups is 2. The molecule has 0 radical (unpaired) electrons. The average Bonchev–Trinajstić information content (AvgIpc) is 2.89. The molecule has 0 saturated carbocycles. The Morgan fingerprint density at radius 1 is 1.20 bits per heavy atom. The van der Waals surface area contributed by atoms with Crippen LogP contribution in [0.5, 0.6) is 0 Å². The van der Waals surface area contributed by atoms with Crippen molar-refractivity contribution >= 4 is 23.5 Å². The summed E-state index contributed by atoms with van der Waals surface area (Å²) in [6, 6.07) is 17.7. The third kappa shape index (κ3) is 3.40. The topological polar surface area (TPSA) is 12.0 Å². The first kappa shape index (κ1) is 14.1. The molecule has 2 aromatic carbocycles. The molecule has 1 aliphatic heterocycles. The van der Waals surface area contributed by atoms with Gasteiger partial charge in [0.05, 0.1) is 0 Å². The first-order valence-electron chi connectivity index (χ1n) is 6.96. The predicted molar refractivity (Wildman–Crippen MR) is 89.7 cm³/mol. The summed E-state index contributed by atoms with van der Waals surface area (Å²) < 4.78 is 0. The summed E-state index contributed by atoms with van der Waals surface area (Å²) in [5.41, 5.74) is 2.88. The van der Waals surface area contributed by atoms with Gasteiger partial charge < -0.3 is 5.32 Å². The highest BCUT2D eigenvalue weighted by Gasteiger charge is 2.21. The van der Waals surface area contributed by atoms with E-state index >= 15 is 0 Å². The molecule has 0 aliphatic carbocycles. The van der Waals surface area contributed by atoms with Crippen molar-refractivity contribution in [1.82, 2.24) is 5.32 Å². The van der Waals surface area contributed by atoms with E-state index < -0.39 is 0 Å². The number of nitrogens with one attached hydrogen (secondary N) is 1. The van der Waals surface area contributed by atoms with Crippen LogP contribution in [-0.2, 0) is 13.0 Å². The van der Waals surface area contributed by atoms with Gasteiger partial charge in [0.15, 0.2) is 0 Å². The zero-order valence-corrected chi connectivity index (χ0v) is 13.3. The fourth-order valence-electron chi connectivity index (χ4n) is 2.49. The number of rotatable bonds is 5. The van der Waals surface area contributed by atoms with Gasteiger partial charge in [0.25, 0.3) is 0 Å². The molecule has 1 aliphatic rings. The van der Waals surface area contributed by atoms with Crippen LogP contribution in [-0.4, -0.2) is 18.1 Å². The summed E-state index contributed by atoms with van der Waals surface area (Å²) in [5, 5.41) is 3.92. The number of hydrogen-bond acceptors (Lipinski definition) is 3. The van der Waals surface area contributed by atoms with E-state index in [1.807, 2.05) is 30.6 Å². The summed E-state index contributed by atoms with van der Waals surface area (Å²) >= 11 is 4.02. The van der Waals surface area contributed by atoms with Crippen LogP contribution in [0.3, 0.4) is 0 Å². The summed E-state index contributed by atoms with van der Waals surface area (Å²) in [6.07, 6.45) is 1.21. The van der Waals surface area contributed by atoms with E-state index in [-0.39, 0.29) is 0 Å². The molecule has 0 aromatic heterocycles. The average molecular weight is 301 g/mol. The van der Waals surface area contributed by atoms with Gasteiger partial charge >= 0.3 is 0 Å². The van der Waals surface area contributed by atoms with Crippen LogP contribution in [0.1, 0.15) is 11.1 Å². The summed E-state index contributed by atoms with van der Waals surface area (Å²) in [4.78, 5) is 2.86. The molecule has 3 rings (SSSR count). The van der Waals surface area contributed by atoms with E-state index in [1.165, 1.54) is 33.1 Å². The molecule has 2 aromatic rings. The second-order valence-corrected chi connectivity index (χ2v) is 7.48. The molecule has 1 heterocycles. The maximum atomic E-state index is 3.21. The molecule has 0 bridgehead atoms. The highest BCUT2D eigenvalue weighted by Crippen LogP contribution is 2.39. The van der Waals surface area contributed by atoms with Crippen LogP contribution in [0.25, 0.3) is 0 Å². The largest absolute Gasteiger partial charge is 0.316 e. The molecule has 1 atom stereocenters. The Morgan fingerprint density at radius 3 is 2.95 bits per heavy atom. The van der Waals surface area contributed by atoms with Crippen molar-refractivity contribution in [2.24, 2.45) is 0 Å². The highest BCUT2D eigenvalue weighted by atomic mass is 32.2. The minimum Gasteiger partial charge on any atom is -0.316 e. The monoisotopic (exact) mass is 301 g/mol. The lowest BCUT2D eigenvalue weighted by atomic mass is 10.1. The number of fused-ring (bicyclic) bond motifs is 1. The van der Waals surface area contributed by atoms with Crippen LogP contribution in [0.4, 0.5) is 0 Å². The van der Waals surface area contributed by atoms with Crippen LogP contribution in [0.2, 0.25) is 0 Å². The number of hydrogen-bond donors (Lipinski definition) is 1. The van der Waals surface area contributed by atoms with Crippen molar-refractivity contribution in [3.05, 3.63) is 59.7 Å². The zero-order chi connectivity index (χ0) is 13.8. The smallest absolute Gasteiger partial charge is 0.0229 e. The van der Waals surface area contributed by atoms with Crippen molar-refractivity contribution in [1.29, 1.82) is 0 Å². The Bertz CT molecular complexity index is 558. The molecule has 0 fully saturated rings. The van der Waals surface area contributed by atoms with Gasteiger partial charge in [0.1, 0.15) is 0 Å². The Kier molecular flexibility index (Phi) is 4.71. The van der Waals surface area contributed by atoms with Gasteiger partial charge in [-0.1, -0.05) is 30.3 Å². The van der Waals surface area contributed by atoms with E-state index in [1.54, 1.807) is 0 Å². The normalized spacial score (nSPS) is 17.1. The van der Waals surface area contributed by atoms with Crippen molar-refractivity contribution in [3.8, 4) is 0 Å². The van der Waals surface area contributed by atoms with Gasteiger partial charge in [0.2, 0.25) is 0 Å². The van der Waals surface area contributed by atoms with Crippen LogP contribution in [0, 0.1) is 0 Å². The van der Waals surface area contributed by atoms with Crippen molar-refractivity contribution in [2.45, 2.75) is 28.0 Å². The maximum absolute atomic E-state index is 3.21. The third-order valence-corrected chi connectivity index (χ3v) is 6.12. The Labute approximate surface area is 129 Å². The fraction of sp³-hybridized carbons (Fsp3) is 0.294. The van der Waals surface area contributed by atoms with E-state index in [9.17, 15) is 0 Å². The summed E-state index contributed by atoms with van der Waals surface area (Å²) in [7, 11) is 1.99. The quantitative estimate of drug-likeness (QED) is 0.831. The molecule has 1 unspecified atom stereocenters. The lowest BCUT2D eigenvalue weighted by Crippen LogP contribution is -2.05. The van der Waals surface area contributed by atoms with E-state index in [0.717, 1.165) is 6.54 Å². The summed E-state index contributed by atoms with van der Waals surface area (Å²) in [6.45, 7) is 0.942. The van der Waals surface area contributed by atoms with Crippen LogP contribution >= 0.6 is 23.5 Å². The van der Waals surface area contributed by atoms with Gasteiger partial charge in [-0.25, -0.2) is 0 Å². The fourth-order valence-corrected chi connectivity index (χ4v) is 4.95. The van der Waals surface area contributed by atoms with Crippen molar-refractivity contribution < 1.29 is 0 Å². The number of benzene rings is 2. The first-order chi connectivity index (χ1) is 9.85. The van der Waals surface area contributed by atoms with E-state index in [4.69, 9.17) is 0 Å². The van der Waals surface area contributed by atoms with Crippen LogP contribution < -0.4 is 5.32 Å². The molecule has 0 amide bonds. The molecule has 3 heteroatoms. The van der Waals surface area contributed by atoms with Gasteiger partial charge in [-0.15, -0.1) is 23.5 Å². The molecule has 1 N–H and O–H groups in total. The van der Waals surface area contributed by atoms with E-state index in [0.29, 0.717) is 5.25 Å². The summed E-state index contributed by atoms with van der Waals surface area (Å²) in [5.74, 6) is 1.18. The Morgan fingerprint density at radius 2 is 2.10 bits per heavy atom. The Balaban J connectivity index is 1.57. The van der Waals surface area contributed by atoms with Crippen molar-refractivity contribution in [3.63, 3.8) is 0 Å². The molecular weight excluding hydrogens is 282 g/mol. The van der Waals surface area contributed by atoms with Gasteiger partial charge in [0, 0.05) is 27.3 Å². The molecule has 0 spiro atoms. The minimum absolute atomic E-state index is 0.713. The molecule has 0 saturated heterocycles. The molecule has 20 heavy (non-hydrogen) atoms. The molecular formula is C17H19NS2. The SMILES string of the molecule is CNCc1cccc(SCC2Cc3ccccc3S2)c1. The van der Waals surface area contributed by atoms with Gasteiger partial charge in [-0.2, -0.15) is 0 Å². The van der Waals surface area contributed by atoms with Crippen molar-refractivity contribution in [2.75, 3.05) is 12.8 Å². The zero-order valence-electron chi connectivity index (χ0n) is 11.6. The van der Waals surface area contributed by atoms with E-state index in [2.05, 4.69) is 53.8 Å².